The van der Waals surface area contributed by atoms with Crippen molar-refractivity contribution in [2.45, 2.75) is 19.4 Å². The van der Waals surface area contributed by atoms with Crippen molar-refractivity contribution in [2.75, 3.05) is 54.9 Å². The number of rotatable bonds is 6. The van der Waals surface area contributed by atoms with Crippen molar-refractivity contribution in [3.8, 4) is 0 Å². The Bertz CT molecular complexity index is 642. The van der Waals surface area contributed by atoms with Gasteiger partial charge in [0, 0.05) is 37.2 Å². The van der Waals surface area contributed by atoms with Gasteiger partial charge in [-0.15, -0.1) is 0 Å². The summed E-state index contributed by atoms with van der Waals surface area (Å²) in [6, 6.07) is -0.163. The number of sulfonamides is 1. The highest BCUT2D eigenvalue weighted by molar-refractivity contribution is 7.99. The average Bonchev–Trinajstić information content (AvgIpc) is 2.87. The molecule has 8 nitrogen and oxygen atoms in total. The van der Waals surface area contributed by atoms with Crippen LogP contribution in [0.3, 0.4) is 0 Å². The average molecular weight is 399 g/mol. The van der Waals surface area contributed by atoms with Gasteiger partial charge in [0.15, 0.2) is 15.8 Å². The lowest BCUT2D eigenvalue weighted by Gasteiger charge is -2.25. The van der Waals surface area contributed by atoms with Crippen molar-refractivity contribution < 1.29 is 16.8 Å². The number of guanidine groups is 1. The molecule has 0 radical (unpaired) electrons. The molecule has 24 heavy (non-hydrogen) atoms. The zero-order chi connectivity index (χ0) is 17.6. The first kappa shape index (κ1) is 19.8. The fourth-order valence-corrected chi connectivity index (χ4v) is 6.78. The summed E-state index contributed by atoms with van der Waals surface area (Å²) in [6.07, 6.45) is 0.552. The molecule has 0 aromatic carbocycles. The van der Waals surface area contributed by atoms with Crippen LogP contribution in [0.15, 0.2) is 4.99 Å². The topological polar surface area (TPSA) is 108 Å². The lowest BCUT2D eigenvalue weighted by molar-refractivity contribution is 0.444. The summed E-state index contributed by atoms with van der Waals surface area (Å²) in [5.74, 6) is 2.40. The number of nitrogens with zero attached hydrogens (tertiary/aromatic N) is 2. The molecule has 2 saturated heterocycles. The fraction of sp³-hybridized carbons (Fsp3) is 0.923. The van der Waals surface area contributed by atoms with Gasteiger partial charge in [0.25, 0.3) is 0 Å². The van der Waals surface area contributed by atoms with Crippen molar-refractivity contribution in [3.05, 3.63) is 0 Å². The Labute approximate surface area is 148 Å². The predicted octanol–water partition coefficient (Wildman–Crippen LogP) is -0.893. The van der Waals surface area contributed by atoms with Crippen LogP contribution in [0.5, 0.6) is 0 Å². The van der Waals surface area contributed by atoms with Gasteiger partial charge in [0.05, 0.1) is 23.8 Å². The molecule has 2 heterocycles. The van der Waals surface area contributed by atoms with Gasteiger partial charge in [-0.3, -0.25) is 4.99 Å². The molecule has 0 amide bonds. The maximum atomic E-state index is 12.3. The Morgan fingerprint density at radius 1 is 1.33 bits per heavy atom. The normalized spacial score (nSPS) is 25.5. The molecule has 0 aromatic rings. The molecule has 1 unspecified atom stereocenters. The van der Waals surface area contributed by atoms with Crippen LogP contribution in [-0.4, -0.2) is 88.1 Å². The van der Waals surface area contributed by atoms with E-state index < -0.39 is 19.9 Å². The molecule has 0 aliphatic carbocycles. The van der Waals surface area contributed by atoms with Crippen LogP contribution in [0.2, 0.25) is 0 Å². The number of hydrogen-bond acceptors (Lipinski definition) is 6. The highest BCUT2D eigenvalue weighted by Gasteiger charge is 2.28. The van der Waals surface area contributed by atoms with Gasteiger partial charge in [-0.05, 0) is 13.3 Å². The Balaban J connectivity index is 1.88. The van der Waals surface area contributed by atoms with E-state index >= 15 is 0 Å². The van der Waals surface area contributed by atoms with Gasteiger partial charge in [0.1, 0.15) is 0 Å². The van der Waals surface area contributed by atoms with Crippen LogP contribution in [-0.2, 0) is 19.9 Å². The molecule has 2 aliphatic rings. The van der Waals surface area contributed by atoms with E-state index in [0.717, 1.165) is 11.5 Å². The minimum atomic E-state index is -3.28. The largest absolute Gasteiger partial charge is 0.357 e. The van der Waals surface area contributed by atoms with Crippen LogP contribution in [0.4, 0.5) is 0 Å². The Kier molecular flexibility index (Phi) is 7.20. The predicted molar refractivity (Wildman–Crippen MR) is 98.9 cm³/mol. The molecule has 2 rings (SSSR count). The molecule has 0 saturated carbocycles. The summed E-state index contributed by atoms with van der Waals surface area (Å²) in [5.41, 5.74) is 0. The molecular weight excluding hydrogens is 372 g/mol. The molecule has 2 fully saturated rings. The summed E-state index contributed by atoms with van der Waals surface area (Å²) >= 11 is 1.76. The lowest BCUT2D eigenvalue weighted by atomic mass is 10.3. The van der Waals surface area contributed by atoms with Gasteiger partial charge >= 0.3 is 0 Å². The standard InChI is InChI=1S/C13H26N4O4S3/c1-2-14-13(16-12-3-9-23(18,19)11-12)15-4-10-24(20,21)17-5-7-22-8-6-17/h12H,2-11H2,1H3,(H2,14,15,16). The van der Waals surface area contributed by atoms with Crippen LogP contribution < -0.4 is 10.6 Å². The number of hydrogen-bond donors (Lipinski definition) is 2. The highest BCUT2D eigenvalue weighted by Crippen LogP contribution is 2.13. The second-order valence-corrected chi connectivity index (χ2v) is 11.4. The zero-order valence-corrected chi connectivity index (χ0v) is 16.4. The number of sulfone groups is 1. The van der Waals surface area contributed by atoms with E-state index in [4.69, 9.17) is 0 Å². The van der Waals surface area contributed by atoms with E-state index in [2.05, 4.69) is 15.6 Å². The Morgan fingerprint density at radius 2 is 2.04 bits per heavy atom. The third-order valence-corrected chi connectivity index (χ3v) is 8.46. The molecule has 2 aliphatic heterocycles. The van der Waals surface area contributed by atoms with E-state index in [-0.39, 0.29) is 29.8 Å². The number of aliphatic imine (C=N–C) groups is 1. The number of nitrogens with one attached hydrogen (secondary N) is 2. The maximum Gasteiger partial charge on any atom is 0.215 e. The van der Waals surface area contributed by atoms with Crippen molar-refractivity contribution >= 4 is 37.6 Å². The monoisotopic (exact) mass is 398 g/mol. The van der Waals surface area contributed by atoms with E-state index in [1.807, 2.05) is 6.92 Å². The van der Waals surface area contributed by atoms with Gasteiger partial charge in [-0.25, -0.2) is 21.1 Å². The second-order valence-electron chi connectivity index (χ2n) is 5.83. The van der Waals surface area contributed by atoms with Gasteiger partial charge < -0.3 is 10.6 Å². The van der Waals surface area contributed by atoms with Gasteiger partial charge in [0.2, 0.25) is 10.0 Å². The summed E-state index contributed by atoms with van der Waals surface area (Å²) in [5, 5.41) is 6.12. The van der Waals surface area contributed by atoms with Crippen molar-refractivity contribution in [3.63, 3.8) is 0 Å². The molecule has 0 aromatic heterocycles. The Hall–Kier alpha value is -0.520. The van der Waals surface area contributed by atoms with E-state index in [1.54, 1.807) is 11.8 Å². The molecule has 0 bridgehead atoms. The van der Waals surface area contributed by atoms with E-state index in [9.17, 15) is 16.8 Å². The molecule has 11 heteroatoms. The minimum Gasteiger partial charge on any atom is -0.357 e. The summed E-state index contributed by atoms with van der Waals surface area (Å²) < 4.78 is 49.1. The fourth-order valence-electron chi connectivity index (χ4n) is 2.65. The lowest BCUT2D eigenvalue weighted by Crippen LogP contribution is -2.44. The van der Waals surface area contributed by atoms with Gasteiger partial charge in [-0.2, -0.15) is 11.8 Å². The SMILES string of the molecule is CCNC(=NCCS(=O)(=O)N1CCSCC1)NC1CCS(=O)(=O)C1. The van der Waals surface area contributed by atoms with Crippen molar-refractivity contribution in [2.24, 2.45) is 4.99 Å². The second kappa shape index (κ2) is 8.72. The first-order valence-corrected chi connectivity index (χ1v) is 12.7. The minimum absolute atomic E-state index is 0.0305. The van der Waals surface area contributed by atoms with Crippen LogP contribution in [0.1, 0.15) is 13.3 Å². The number of thioether (sulfide) groups is 1. The molecule has 0 spiro atoms. The molecular formula is C13H26N4O4S3. The summed E-state index contributed by atoms with van der Waals surface area (Å²) in [6.45, 7) is 3.82. The summed E-state index contributed by atoms with van der Waals surface area (Å²) in [7, 11) is -6.24. The van der Waals surface area contributed by atoms with Crippen molar-refractivity contribution in [1.82, 2.24) is 14.9 Å². The molecule has 2 N–H and O–H groups in total. The van der Waals surface area contributed by atoms with Gasteiger partial charge in [-0.1, -0.05) is 0 Å². The Morgan fingerprint density at radius 3 is 2.62 bits per heavy atom. The summed E-state index contributed by atoms with van der Waals surface area (Å²) in [4.78, 5) is 4.29. The van der Waals surface area contributed by atoms with Crippen LogP contribution >= 0.6 is 11.8 Å². The first-order valence-electron chi connectivity index (χ1n) is 8.13. The first-order chi connectivity index (χ1) is 11.3. The smallest absolute Gasteiger partial charge is 0.215 e. The van der Waals surface area contributed by atoms with E-state index in [1.165, 1.54) is 4.31 Å². The maximum absolute atomic E-state index is 12.3. The van der Waals surface area contributed by atoms with Crippen molar-refractivity contribution in [1.29, 1.82) is 0 Å². The third kappa shape index (κ3) is 6.08. The van der Waals surface area contributed by atoms with Crippen LogP contribution in [0.25, 0.3) is 0 Å². The highest BCUT2D eigenvalue weighted by atomic mass is 32.2. The van der Waals surface area contributed by atoms with Crippen LogP contribution in [0, 0.1) is 0 Å². The quantitative estimate of drug-likeness (QED) is 0.441. The molecule has 1 atom stereocenters. The zero-order valence-electron chi connectivity index (χ0n) is 13.9. The third-order valence-electron chi connectivity index (χ3n) is 3.90. The van der Waals surface area contributed by atoms with E-state index in [0.29, 0.717) is 32.0 Å². The molecule has 140 valence electrons.